The minimum Gasteiger partial charge on any atom is -0.444 e. The first-order valence-corrected chi connectivity index (χ1v) is 6.10. The molecule has 0 bridgehead atoms. The van der Waals surface area contributed by atoms with Gasteiger partial charge in [0.2, 0.25) is 0 Å². The van der Waals surface area contributed by atoms with Crippen molar-refractivity contribution < 1.29 is 9.53 Å². The second kappa shape index (κ2) is 5.71. The molecule has 0 unspecified atom stereocenters. The van der Waals surface area contributed by atoms with Gasteiger partial charge in [-0.1, -0.05) is 23.2 Å². The monoisotopic (exact) mass is 291 g/mol. The highest BCUT2D eigenvalue weighted by molar-refractivity contribution is 6.32. The molecule has 0 spiro atoms. The van der Waals surface area contributed by atoms with Gasteiger partial charge in [-0.3, -0.25) is 0 Å². The molecule has 7 heteroatoms. The Bertz CT molecular complexity index is 458. The van der Waals surface area contributed by atoms with E-state index in [9.17, 15) is 4.79 Å². The molecule has 0 radical (unpaired) electrons. The molecule has 1 N–H and O–H groups in total. The summed E-state index contributed by atoms with van der Waals surface area (Å²) in [4.78, 5) is 11.5. The largest absolute Gasteiger partial charge is 0.444 e. The van der Waals surface area contributed by atoms with Gasteiger partial charge in [0, 0.05) is 12.1 Å². The lowest BCUT2D eigenvalue weighted by Gasteiger charge is -2.20. The van der Waals surface area contributed by atoms with E-state index >= 15 is 0 Å². The average Bonchev–Trinajstić information content (AvgIpc) is 2.21. The maximum Gasteiger partial charge on any atom is 0.407 e. The van der Waals surface area contributed by atoms with Gasteiger partial charge in [0.05, 0.1) is 0 Å². The van der Waals surface area contributed by atoms with Crippen molar-refractivity contribution in [3.05, 3.63) is 21.4 Å². The van der Waals surface area contributed by atoms with Crippen LogP contribution >= 0.6 is 23.2 Å². The molecule has 0 atom stereocenters. The minimum atomic E-state index is -0.545. The van der Waals surface area contributed by atoms with Gasteiger partial charge in [-0.05, 0) is 33.3 Å². The Labute approximate surface area is 116 Å². The number of nitrogens with one attached hydrogen (secondary N) is 1. The number of amides is 1. The van der Waals surface area contributed by atoms with Crippen molar-refractivity contribution in [1.82, 2.24) is 15.5 Å². The first-order valence-electron chi connectivity index (χ1n) is 5.34. The SMILES string of the molecule is Cc1c(Cl)nnc(Cl)c1CNC(=O)OC(C)(C)C. The van der Waals surface area contributed by atoms with E-state index in [1.807, 2.05) is 0 Å². The Hall–Kier alpha value is -1.07. The van der Waals surface area contributed by atoms with E-state index in [2.05, 4.69) is 15.5 Å². The van der Waals surface area contributed by atoms with E-state index in [-0.39, 0.29) is 16.9 Å². The lowest BCUT2D eigenvalue weighted by atomic mass is 10.2. The molecule has 1 rings (SSSR count). The molecule has 0 fully saturated rings. The van der Waals surface area contributed by atoms with Crippen LogP contribution in [0.2, 0.25) is 10.3 Å². The van der Waals surface area contributed by atoms with Crippen molar-refractivity contribution in [2.45, 2.75) is 39.8 Å². The standard InChI is InChI=1S/C11H15Cl2N3O2/c1-6-7(9(13)16-15-8(6)12)5-14-10(17)18-11(2,3)4/h5H2,1-4H3,(H,14,17). The summed E-state index contributed by atoms with van der Waals surface area (Å²) in [7, 11) is 0. The van der Waals surface area contributed by atoms with Crippen LogP contribution in [0.3, 0.4) is 0 Å². The predicted molar refractivity (Wildman–Crippen MR) is 69.9 cm³/mol. The summed E-state index contributed by atoms with van der Waals surface area (Å²) in [6.07, 6.45) is -0.522. The van der Waals surface area contributed by atoms with Crippen LogP contribution in [-0.4, -0.2) is 21.9 Å². The number of ether oxygens (including phenoxy) is 1. The number of hydrogen-bond acceptors (Lipinski definition) is 4. The molecule has 0 aliphatic rings. The summed E-state index contributed by atoms with van der Waals surface area (Å²) in [5.41, 5.74) is 0.770. The second-order valence-corrected chi connectivity index (χ2v) is 5.46. The Balaban J connectivity index is 2.70. The molecule has 1 aromatic heterocycles. The molecule has 5 nitrogen and oxygen atoms in total. The van der Waals surface area contributed by atoms with Crippen LogP contribution < -0.4 is 5.32 Å². The van der Waals surface area contributed by atoms with Gasteiger partial charge in [-0.25, -0.2) is 4.79 Å². The maximum absolute atomic E-state index is 11.5. The van der Waals surface area contributed by atoms with Gasteiger partial charge in [0.15, 0.2) is 10.3 Å². The van der Waals surface area contributed by atoms with Gasteiger partial charge in [0.25, 0.3) is 0 Å². The van der Waals surface area contributed by atoms with Crippen molar-refractivity contribution in [3.63, 3.8) is 0 Å². The number of carbonyl (C=O) groups is 1. The van der Waals surface area contributed by atoms with Crippen LogP contribution in [0.5, 0.6) is 0 Å². The number of rotatable bonds is 2. The zero-order chi connectivity index (χ0) is 13.9. The number of hydrogen-bond donors (Lipinski definition) is 1. The van der Waals surface area contributed by atoms with Crippen LogP contribution in [0.15, 0.2) is 0 Å². The van der Waals surface area contributed by atoms with E-state index in [0.29, 0.717) is 11.1 Å². The molecule has 0 aromatic carbocycles. The molecule has 0 aliphatic heterocycles. The fraction of sp³-hybridized carbons (Fsp3) is 0.545. The smallest absolute Gasteiger partial charge is 0.407 e. The molecular weight excluding hydrogens is 277 g/mol. The van der Waals surface area contributed by atoms with E-state index in [1.165, 1.54) is 0 Å². The lowest BCUT2D eigenvalue weighted by molar-refractivity contribution is 0.0523. The first-order chi connectivity index (χ1) is 8.20. The van der Waals surface area contributed by atoms with Gasteiger partial charge < -0.3 is 10.1 Å². The molecule has 1 amide bonds. The summed E-state index contributed by atoms with van der Waals surface area (Å²) in [5.74, 6) is 0. The van der Waals surface area contributed by atoms with Crippen molar-refractivity contribution in [3.8, 4) is 0 Å². The Kier molecular flexibility index (Phi) is 4.76. The topological polar surface area (TPSA) is 64.1 Å². The maximum atomic E-state index is 11.5. The molecule has 100 valence electrons. The van der Waals surface area contributed by atoms with E-state index < -0.39 is 11.7 Å². The fourth-order valence-corrected chi connectivity index (χ4v) is 1.58. The summed E-state index contributed by atoms with van der Waals surface area (Å²) < 4.78 is 5.11. The van der Waals surface area contributed by atoms with Crippen LogP contribution in [0.25, 0.3) is 0 Å². The Morgan fingerprint density at radius 1 is 1.28 bits per heavy atom. The molecule has 18 heavy (non-hydrogen) atoms. The second-order valence-electron chi connectivity index (χ2n) is 4.74. The third-order valence-electron chi connectivity index (χ3n) is 2.05. The fourth-order valence-electron chi connectivity index (χ4n) is 1.18. The highest BCUT2D eigenvalue weighted by Gasteiger charge is 2.17. The highest BCUT2D eigenvalue weighted by atomic mass is 35.5. The predicted octanol–water partition coefficient (Wildman–Crippen LogP) is 3.12. The number of nitrogens with zero attached hydrogens (tertiary/aromatic N) is 2. The molecule has 1 heterocycles. The van der Waals surface area contributed by atoms with Gasteiger partial charge in [-0.2, -0.15) is 0 Å². The Morgan fingerprint density at radius 2 is 1.83 bits per heavy atom. The molecule has 0 saturated carbocycles. The van der Waals surface area contributed by atoms with Crippen LogP contribution in [-0.2, 0) is 11.3 Å². The number of halogens is 2. The first kappa shape index (κ1) is 15.0. The summed E-state index contributed by atoms with van der Waals surface area (Å²) in [6.45, 7) is 7.31. The summed E-state index contributed by atoms with van der Waals surface area (Å²) in [5, 5.41) is 10.4. The minimum absolute atomic E-state index is 0.189. The number of alkyl carbamates (subject to hydrolysis) is 1. The van der Waals surface area contributed by atoms with Crippen molar-refractivity contribution in [2.75, 3.05) is 0 Å². The van der Waals surface area contributed by atoms with Crippen molar-refractivity contribution >= 4 is 29.3 Å². The third kappa shape index (κ3) is 4.31. The lowest BCUT2D eigenvalue weighted by Crippen LogP contribution is -2.32. The molecule has 1 aromatic rings. The Morgan fingerprint density at radius 3 is 2.39 bits per heavy atom. The van der Waals surface area contributed by atoms with Crippen LogP contribution in [0.1, 0.15) is 31.9 Å². The van der Waals surface area contributed by atoms with Gasteiger partial charge in [-0.15, -0.1) is 10.2 Å². The number of aromatic nitrogens is 2. The van der Waals surface area contributed by atoms with Gasteiger partial charge >= 0.3 is 6.09 Å². The highest BCUT2D eigenvalue weighted by Crippen LogP contribution is 2.21. The van der Waals surface area contributed by atoms with Crippen LogP contribution in [0, 0.1) is 6.92 Å². The quantitative estimate of drug-likeness (QED) is 0.909. The van der Waals surface area contributed by atoms with Crippen molar-refractivity contribution in [1.29, 1.82) is 0 Å². The third-order valence-corrected chi connectivity index (χ3v) is 2.71. The van der Waals surface area contributed by atoms with E-state index in [4.69, 9.17) is 27.9 Å². The summed E-state index contributed by atoms with van der Waals surface area (Å²) >= 11 is 11.7. The van der Waals surface area contributed by atoms with Crippen LogP contribution in [0.4, 0.5) is 4.79 Å². The molecule has 0 saturated heterocycles. The van der Waals surface area contributed by atoms with Gasteiger partial charge in [0.1, 0.15) is 5.60 Å². The zero-order valence-electron chi connectivity index (χ0n) is 10.7. The molecule has 0 aliphatic carbocycles. The van der Waals surface area contributed by atoms with E-state index in [1.54, 1.807) is 27.7 Å². The van der Waals surface area contributed by atoms with E-state index in [0.717, 1.165) is 0 Å². The normalized spacial score (nSPS) is 11.2. The summed E-state index contributed by atoms with van der Waals surface area (Å²) in [6, 6.07) is 0. The molecular formula is C11H15Cl2N3O2. The zero-order valence-corrected chi connectivity index (χ0v) is 12.2. The average molecular weight is 292 g/mol. The number of carbonyl (C=O) groups excluding carboxylic acids is 1. The van der Waals surface area contributed by atoms with Crippen molar-refractivity contribution in [2.24, 2.45) is 0 Å².